The molecule has 0 saturated carbocycles. The van der Waals surface area contributed by atoms with Gasteiger partial charge in [0.05, 0.1) is 11.5 Å². The van der Waals surface area contributed by atoms with Crippen LogP contribution in [0.2, 0.25) is 0 Å². The van der Waals surface area contributed by atoms with Crippen LogP contribution in [-0.2, 0) is 15.6 Å². The van der Waals surface area contributed by atoms with Crippen molar-refractivity contribution in [3.63, 3.8) is 0 Å². The van der Waals surface area contributed by atoms with Crippen molar-refractivity contribution < 1.29 is 8.42 Å². The number of unbranched alkanes of at least 4 members (excludes halogenated alkanes) is 5. The second-order valence-corrected chi connectivity index (χ2v) is 7.03. The Hall–Kier alpha value is -0.830. The van der Waals surface area contributed by atoms with Gasteiger partial charge < -0.3 is 0 Å². The van der Waals surface area contributed by atoms with E-state index in [1.807, 2.05) is 30.3 Å². The molecule has 0 aromatic heterocycles. The molecule has 0 radical (unpaired) electrons. The van der Waals surface area contributed by atoms with Gasteiger partial charge in [-0.15, -0.1) is 0 Å². The van der Waals surface area contributed by atoms with Crippen molar-refractivity contribution in [2.24, 2.45) is 0 Å². The van der Waals surface area contributed by atoms with Gasteiger partial charge in [-0.3, -0.25) is 0 Å². The van der Waals surface area contributed by atoms with Crippen LogP contribution in [0.5, 0.6) is 0 Å². The molecule has 1 aromatic carbocycles. The van der Waals surface area contributed by atoms with Gasteiger partial charge in [-0.1, -0.05) is 69.4 Å². The van der Waals surface area contributed by atoms with Crippen LogP contribution in [0.4, 0.5) is 0 Å². The maximum Gasteiger partial charge on any atom is 0.154 e. The summed E-state index contributed by atoms with van der Waals surface area (Å²) < 4.78 is 23.8. The fourth-order valence-corrected chi connectivity index (χ4v) is 3.49. The summed E-state index contributed by atoms with van der Waals surface area (Å²) in [6, 6.07) is 9.42. The number of hydrogen-bond donors (Lipinski definition) is 0. The first-order valence-electron chi connectivity index (χ1n) is 6.88. The van der Waals surface area contributed by atoms with Crippen LogP contribution < -0.4 is 0 Å². The van der Waals surface area contributed by atoms with Gasteiger partial charge in [0.1, 0.15) is 0 Å². The van der Waals surface area contributed by atoms with Gasteiger partial charge in [0.15, 0.2) is 9.84 Å². The molecule has 102 valence electrons. The molecular weight excluding hydrogens is 244 g/mol. The molecule has 0 bridgehead atoms. The summed E-state index contributed by atoms with van der Waals surface area (Å²) >= 11 is 0. The highest BCUT2D eigenvalue weighted by atomic mass is 32.2. The van der Waals surface area contributed by atoms with E-state index < -0.39 is 9.84 Å². The van der Waals surface area contributed by atoms with Crippen LogP contribution in [0, 0.1) is 0 Å². The smallest absolute Gasteiger partial charge is 0.154 e. The van der Waals surface area contributed by atoms with Crippen LogP contribution in [0.15, 0.2) is 30.3 Å². The van der Waals surface area contributed by atoms with E-state index in [0.717, 1.165) is 24.8 Å². The van der Waals surface area contributed by atoms with Crippen LogP contribution in [0.1, 0.15) is 51.0 Å². The molecule has 0 atom stereocenters. The molecule has 0 spiro atoms. The highest BCUT2D eigenvalue weighted by Crippen LogP contribution is 2.10. The van der Waals surface area contributed by atoms with Crippen molar-refractivity contribution in [2.45, 2.75) is 51.2 Å². The molecule has 0 N–H and O–H groups in total. The van der Waals surface area contributed by atoms with Crippen molar-refractivity contribution in [3.05, 3.63) is 35.9 Å². The Kier molecular flexibility index (Phi) is 7.02. The van der Waals surface area contributed by atoms with Crippen LogP contribution in [0.3, 0.4) is 0 Å². The number of rotatable bonds is 9. The van der Waals surface area contributed by atoms with Crippen molar-refractivity contribution in [2.75, 3.05) is 5.75 Å². The SMILES string of the molecule is CCCCCCCCS(=O)(=O)Cc1ccccc1. The average molecular weight is 268 g/mol. The van der Waals surface area contributed by atoms with E-state index in [-0.39, 0.29) is 5.75 Å². The van der Waals surface area contributed by atoms with Gasteiger partial charge in [0.2, 0.25) is 0 Å². The maximum absolute atomic E-state index is 11.9. The molecule has 18 heavy (non-hydrogen) atoms. The molecule has 0 fully saturated rings. The van der Waals surface area contributed by atoms with E-state index in [2.05, 4.69) is 6.92 Å². The summed E-state index contributed by atoms with van der Waals surface area (Å²) in [5, 5.41) is 0. The Morgan fingerprint density at radius 1 is 0.889 bits per heavy atom. The average Bonchev–Trinajstić information content (AvgIpc) is 2.34. The molecule has 1 aromatic rings. The van der Waals surface area contributed by atoms with Crippen LogP contribution in [-0.4, -0.2) is 14.2 Å². The minimum absolute atomic E-state index is 0.183. The topological polar surface area (TPSA) is 34.1 Å². The van der Waals surface area contributed by atoms with E-state index in [9.17, 15) is 8.42 Å². The largest absolute Gasteiger partial charge is 0.228 e. The van der Waals surface area contributed by atoms with Crippen LogP contribution in [0.25, 0.3) is 0 Å². The summed E-state index contributed by atoms with van der Waals surface area (Å²) in [7, 11) is -2.93. The Morgan fingerprint density at radius 2 is 1.50 bits per heavy atom. The van der Waals surface area contributed by atoms with E-state index in [0.29, 0.717) is 5.75 Å². The number of sulfone groups is 1. The zero-order valence-electron chi connectivity index (χ0n) is 11.3. The minimum Gasteiger partial charge on any atom is -0.228 e. The lowest BCUT2D eigenvalue weighted by molar-refractivity contribution is 0.583. The third kappa shape index (κ3) is 6.80. The quantitative estimate of drug-likeness (QED) is 0.635. The summed E-state index contributed by atoms with van der Waals surface area (Å²) in [5.41, 5.74) is 0.892. The molecule has 3 heteroatoms. The summed E-state index contributed by atoms with van der Waals surface area (Å²) in [4.78, 5) is 0. The lowest BCUT2D eigenvalue weighted by Crippen LogP contribution is -2.09. The zero-order valence-corrected chi connectivity index (χ0v) is 12.1. The molecule has 0 saturated heterocycles. The van der Waals surface area contributed by atoms with Gasteiger partial charge in [0.25, 0.3) is 0 Å². The molecule has 0 heterocycles. The lowest BCUT2D eigenvalue weighted by atomic mass is 10.1. The van der Waals surface area contributed by atoms with Crippen molar-refractivity contribution in [1.82, 2.24) is 0 Å². The number of benzene rings is 1. The summed E-state index contributed by atoms with van der Waals surface area (Å²) in [6.45, 7) is 2.18. The van der Waals surface area contributed by atoms with Crippen LogP contribution >= 0.6 is 0 Å². The Labute approximate surface area is 111 Å². The minimum atomic E-state index is -2.93. The molecule has 0 amide bonds. The molecule has 0 aliphatic heterocycles. The second kappa shape index (κ2) is 8.30. The molecule has 0 aliphatic rings. The predicted octanol–water partition coefficient (Wildman–Crippen LogP) is 3.96. The van der Waals surface area contributed by atoms with E-state index in [4.69, 9.17) is 0 Å². The molecule has 2 nitrogen and oxygen atoms in total. The van der Waals surface area contributed by atoms with Gasteiger partial charge in [-0.25, -0.2) is 8.42 Å². The number of hydrogen-bond acceptors (Lipinski definition) is 2. The third-order valence-electron chi connectivity index (χ3n) is 3.04. The zero-order chi connectivity index (χ0) is 13.3. The third-order valence-corrected chi connectivity index (χ3v) is 4.72. The van der Waals surface area contributed by atoms with Gasteiger partial charge >= 0.3 is 0 Å². The highest BCUT2D eigenvalue weighted by Gasteiger charge is 2.11. The normalized spacial score (nSPS) is 11.6. The van der Waals surface area contributed by atoms with Crippen molar-refractivity contribution >= 4 is 9.84 Å². The summed E-state index contributed by atoms with van der Waals surface area (Å²) in [6.07, 6.45) is 6.72. The van der Waals surface area contributed by atoms with Gasteiger partial charge in [-0.2, -0.15) is 0 Å². The second-order valence-electron chi connectivity index (χ2n) is 4.85. The predicted molar refractivity (Wildman–Crippen MR) is 77.3 cm³/mol. The molecule has 0 aliphatic carbocycles. The molecular formula is C15H24O2S. The monoisotopic (exact) mass is 268 g/mol. The van der Waals surface area contributed by atoms with E-state index >= 15 is 0 Å². The van der Waals surface area contributed by atoms with E-state index in [1.54, 1.807) is 0 Å². The highest BCUT2D eigenvalue weighted by molar-refractivity contribution is 7.90. The Balaban J connectivity index is 2.24. The molecule has 1 rings (SSSR count). The van der Waals surface area contributed by atoms with Gasteiger partial charge in [-0.05, 0) is 12.0 Å². The van der Waals surface area contributed by atoms with Gasteiger partial charge in [0, 0.05) is 0 Å². The van der Waals surface area contributed by atoms with Crippen molar-refractivity contribution in [1.29, 1.82) is 0 Å². The standard InChI is InChI=1S/C15H24O2S/c1-2-3-4-5-6-10-13-18(16,17)14-15-11-8-7-9-12-15/h7-9,11-12H,2-6,10,13-14H2,1H3. The first kappa shape index (κ1) is 15.2. The Morgan fingerprint density at radius 3 is 2.17 bits per heavy atom. The first-order chi connectivity index (χ1) is 8.64. The lowest BCUT2D eigenvalue weighted by Gasteiger charge is -2.04. The van der Waals surface area contributed by atoms with Crippen molar-refractivity contribution in [3.8, 4) is 0 Å². The first-order valence-corrected chi connectivity index (χ1v) is 8.70. The Bertz CT molecular complexity index is 409. The fourth-order valence-electron chi connectivity index (χ4n) is 2.00. The fraction of sp³-hybridized carbons (Fsp3) is 0.600. The molecule has 0 unspecified atom stereocenters. The van der Waals surface area contributed by atoms with E-state index in [1.165, 1.54) is 19.3 Å². The summed E-state index contributed by atoms with van der Waals surface area (Å²) in [5.74, 6) is 0.511. The maximum atomic E-state index is 11.9.